The van der Waals surface area contributed by atoms with Gasteiger partial charge in [-0.1, -0.05) is 42.5 Å². The van der Waals surface area contributed by atoms with Gasteiger partial charge in [-0.05, 0) is 48.7 Å². The molecule has 0 saturated carbocycles. The first-order valence-corrected chi connectivity index (χ1v) is 10.3. The Balaban J connectivity index is 1.77. The molecule has 1 aliphatic heterocycles. The third kappa shape index (κ3) is 4.21. The molecule has 6 heteroatoms. The number of fused-ring (bicyclic) bond motifs is 1. The van der Waals surface area contributed by atoms with E-state index in [-0.39, 0.29) is 5.75 Å². The molecule has 1 aromatic carbocycles. The van der Waals surface area contributed by atoms with Crippen molar-refractivity contribution in [3.05, 3.63) is 88.8 Å². The SMILES string of the molecule is COc1ccc(/C=C/C2(/C=C/c3cccnc3N)C=Cc3c(C)cc(C)c(O)c3N2)cn1. The highest BCUT2D eigenvalue weighted by molar-refractivity contribution is 5.83. The Morgan fingerprint density at radius 3 is 2.62 bits per heavy atom. The largest absolute Gasteiger partial charge is 0.505 e. The van der Waals surface area contributed by atoms with Gasteiger partial charge in [0.05, 0.1) is 18.3 Å². The molecule has 1 atom stereocenters. The van der Waals surface area contributed by atoms with Crippen molar-refractivity contribution in [1.82, 2.24) is 9.97 Å². The zero-order chi connectivity index (χ0) is 22.7. The van der Waals surface area contributed by atoms with Gasteiger partial charge in [0.15, 0.2) is 0 Å². The molecule has 0 fully saturated rings. The number of nitrogens with zero attached hydrogens (tertiary/aromatic N) is 2. The van der Waals surface area contributed by atoms with Crippen molar-refractivity contribution in [1.29, 1.82) is 0 Å². The number of aromatic nitrogens is 2. The number of aryl methyl sites for hydroxylation is 2. The van der Waals surface area contributed by atoms with Gasteiger partial charge >= 0.3 is 0 Å². The number of nitrogen functional groups attached to an aromatic ring is 1. The van der Waals surface area contributed by atoms with E-state index in [1.807, 2.05) is 74.6 Å². The smallest absolute Gasteiger partial charge is 0.212 e. The van der Waals surface area contributed by atoms with Crippen molar-refractivity contribution in [3.8, 4) is 11.6 Å². The minimum Gasteiger partial charge on any atom is -0.505 e. The quantitative estimate of drug-likeness (QED) is 0.498. The monoisotopic (exact) mass is 426 g/mol. The van der Waals surface area contributed by atoms with Crippen LogP contribution < -0.4 is 15.8 Å². The predicted octanol–water partition coefficient (Wildman–Crippen LogP) is 4.99. The fourth-order valence-corrected chi connectivity index (χ4v) is 3.71. The molecule has 32 heavy (non-hydrogen) atoms. The lowest BCUT2D eigenvalue weighted by Crippen LogP contribution is -2.34. The summed E-state index contributed by atoms with van der Waals surface area (Å²) in [6.45, 7) is 3.94. The lowest BCUT2D eigenvalue weighted by Gasteiger charge is -2.33. The fraction of sp³-hybridized carbons (Fsp3) is 0.154. The molecule has 162 valence electrons. The van der Waals surface area contributed by atoms with Crippen molar-refractivity contribution >= 4 is 29.7 Å². The molecule has 2 aromatic heterocycles. The van der Waals surface area contributed by atoms with Crippen LogP contribution in [0.1, 0.15) is 27.8 Å². The Morgan fingerprint density at radius 1 is 1.09 bits per heavy atom. The molecule has 3 aromatic rings. The number of methoxy groups -OCH3 is 1. The Labute approximate surface area is 187 Å². The minimum atomic E-state index is -0.701. The number of benzene rings is 1. The van der Waals surface area contributed by atoms with Crippen LogP contribution >= 0.6 is 0 Å². The molecule has 0 saturated heterocycles. The van der Waals surface area contributed by atoms with Gasteiger partial charge in [-0.2, -0.15) is 0 Å². The van der Waals surface area contributed by atoms with E-state index in [1.165, 1.54) is 0 Å². The zero-order valence-corrected chi connectivity index (χ0v) is 18.3. The summed E-state index contributed by atoms with van der Waals surface area (Å²) in [5, 5.41) is 14.3. The van der Waals surface area contributed by atoms with Crippen LogP contribution in [-0.4, -0.2) is 27.7 Å². The molecule has 6 nitrogen and oxygen atoms in total. The zero-order valence-electron chi connectivity index (χ0n) is 18.3. The van der Waals surface area contributed by atoms with E-state index >= 15 is 0 Å². The number of anilines is 2. The van der Waals surface area contributed by atoms with Crippen LogP contribution in [0, 0.1) is 13.8 Å². The highest BCUT2D eigenvalue weighted by Crippen LogP contribution is 2.41. The molecule has 0 amide bonds. The van der Waals surface area contributed by atoms with Gasteiger partial charge in [-0.15, -0.1) is 0 Å². The van der Waals surface area contributed by atoms with Crippen LogP contribution in [0.4, 0.5) is 11.5 Å². The molecule has 0 spiro atoms. The normalized spacial score (nSPS) is 17.5. The summed E-state index contributed by atoms with van der Waals surface area (Å²) in [6.07, 6.45) is 15.4. The second-order valence-corrected chi connectivity index (χ2v) is 7.82. The molecule has 0 radical (unpaired) electrons. The molecule has 3 heterocycles. The molecule has 1 aliphatic rings. The lowest BCUT2D eigenvalue weighted by molar-refractivity contribution is 0.398. The van der Waals surface area contributed by atoms with E-state index in [0.29, 0.717) is 17.4 Å². The van der Waals surface area contributed by atoms with Gasteiger partial charge in [0.2, 0.25) is 5.88 Å². The van der Waals surface area contributed by atoms with Gasteiger partial charge in [-0.25, -0.2) is 9.97 Å². The van der Waals surface area contributed by atoms with Gasteiger partial charge < -0.3 is 20.9 Å². The van der Waals surface area contributed by atoms with Crippen LogP contribution in [0.25, 0.3) is 18.2 Å². The average molecular weight is 427 g/mol. The number of hydrogen-bond acceptors (Lipinski definition) is 6. The molecule has 0 bridgehead atoms. The topological polar surface area (TPSA) is 93.3 Å². The van der Waals surface area contributed by atoms with E-state index in [9.17, 15) is 5.11 Å². The Bertz CT molecular complexity index is 1230. The highest BCUT2D eigenvalue weighted by atomic mass is 16.5. The molecule has 4 rings (SSSR count). The maximum absolute atomic E-state index is 10.8. The van der Waals surface area contributed by atoms with Crippen LogP contribution in [0.2, 0.25) is 0 Å². The van der Waals surface area contributed by atoms with Crippen LogP contribution in [0.3, 0.4) is 0 Å². The van der Waals surface area contributed by atoms with E-state index in [1.54, 1.807) is 19.5 Å². The van der Waals surface area contributed by atoms with Gasteiger partial charge in [0.1, 0.15) is 11.6 Å². The molecule has 4 N–H and O–H groups in total. The molecular weight excluding hydrogens is 400 g/mol. The van der Waals surface area contributed by atoms with Crippen molar-refractivity contribution in [2.45, 2.75) is 19.4 Å². The number of ether oxygens (including phenoxy) is 1. The summed E-state index contributed by atoms with van der Waals surface area (Å²) in [6, 6.07) is 9.50. The number of pyridine rings is 2. The van der Waals surface area contributed by atoms with E-state index in [0.717, 1.165) is 27.8 Å². The summed E-state index contributed by atoms with van der Waals surface area (Å²) >= 11 is 0. The van der Waals surface area contributed by atoms with Crippen molar-refractivity contribution < 1.29 is 9.84 Å². The molecular formula is C26H26N4O2. The number of rotatable bonds is 5. The number of phenolic OH excluding ortho intramolecular Hbond substituents is 1. The second kappa shape index (κ2) is 8.59. The first-order chi connectivity index (χ1) is 15.4. The number of aromatic hydroxyl groups is 1. The summed E-state index contributed by atoms with van der Waals surface area (Å²) in [5.74, 6) is 1.26. The maximum atomic E-state index is 10.8. The van der Waals surface area contributed by atoms with Crippen molar-refractivity contribution in [2.24, 2.45) is 0 Å². The minimum absolute atomic E-state index is 0.244. The highest BCUT2D eigenvalue weighted by Gasteiger charge is 2.28. The summed E-state index contributed by atoms with van der Waals surface area (Å²) < 4.78 is 5.14. The number of nitrogens with one attached hydrogen (secondary N) is 1. The van der Waals surface area contributed by atoms with E-state index in [4.69, 9.17) is 10.5 Å². The van der Waals surface area contributed by atoms with Crippen molar-refractivity contribution in [3.63, 3.8) is 0 Å². The van der Waals surface area contributed by atoms with E-state index < -0.39 is 5.54 Å². The Hall–Kier alpha value is -4.06. The number of phenols is 1. The van der Waals surface area contributed by atoms with Crippen molar-refractivity contribution in [2.75, 3.05) is 18.2 Å². The molecule has 0 aliphatic carbocycles. The summed E-state index contributed by atoms with van der Waals surface area (Å²) in [4.78, 5) is 8.43. The van der Waals surface area contributed by atoms with Crippen LogP contribution in [0.15, 0.2) is 61.0 Å². The van der Waals surface area contributed by atoms with Crippen LogP contribution in [0.5, 0.6) is 11.6 Å². The maximum Gasteiger partial charge on any atom is 0.212 e. The summed E-state index contributed by atoms with van der Waals surface area (Å²) in [5.41, 5.74) is 10.7. The Morgan fingerprint density at radius 2 is 1.91 bits per heavy atom. The summed E-state index contributed by atoms with van der Waals surface area (Å²) in [7, 11) is 1.59. The van der Waals surface area contributed by atoms with E-state index in [2.05, 4.69) is 21.4 Å². The lowest BCUT2D eigenvalue weighted by atomic mass is 9.88. The Kier molecular flexibility index (Phi) is 5.69. The predicted molar refractivity (Wildman–Crippen MR) is 130 cm³/mol. The van der Waals surface area contributed by atoms with Gasteiger partial charge in [0, 0.05) is 29.6 Å². The first-order valence-electron chi connectivity index (χ1n) is 10.3. The van der Waals surface area contributed by atoms with Gasteiger partial charge in [0.25, 0.3) is 0 Å². The first kappa shape index (κ1) is 21.2. The third-order valence-corrected chi connectivity index (χ3v) is 5.53. The second-order valence-electron chi connectivity index (χ2n) is 7.82. The standard InChI is InChI=1S/C26H26N4O2/c1-17-15-18(2)24(31)23-21(17)10-13-26(30-23,12-9-20-5-4-14-28-25(20)27)11-8-19-6-7-22(32-3)29-16-19/h4-16,30-31H,1-3H3,(H2,27,28)/b11-8+,12-9+. The van der Waals surface area contributed by atoms with Gasteiger partial charge in [-0.3, -0.25) is 0 Å². The average Bonchev–Trinajstić information content (AvgIpc) is 2.81. The third-order valence-electron chi connectivity index (χ3n) is 5.53. The fourth-order valence-electron chi connectivity index (χ4n) is 3.71. The number of nitrogens with two attached hydrogens (primary N) is 1. The number of hydrogen-bond donors (Lipinski definition) is 3. The van der Waals surface area contributed by atoms with Crippen LogP contribution in [-0.2, 0) is 0 Å². The molecule has 1 unspecified atom stereocenters.